The average molecular weight is 376 g/mol. The first-order valence-electron chi connectivity index (χ1n) is 8.66. The van der Waals surface area contributed by atoms with E-state index >= 15 is 0 Å². The molecule has 0 spiro atoms. The molecule has 2 aromatic rings. The number of rotatable bonds is 6. The van der Waals surface area contributed by atoms with Gasteiger partial charge in [0.1, 0.15) is 6.23 Å². The summed E-state index contributed by atoms with van der Waals surface area (Å²) in [6.45, 7) is 3.76. The Hall–Kier alpha value is -2.08. The molecule has 5 N–H and O–H groups in total. The Morgan fingerprint density at radius 2 is 1.77 bits per heavy atom. The lowest BCUT2D eigenvalue weighted by molar-refractivity contribution is 0.102. The molecule has 1 fully saturated rings. The van der Waals surface area contributed by atoms with E-state index < -0.39 is 6.23 Å². The number of carbonyl (C=O) groups is 1. The SMILES string of the molecule is CCC1(N)CC1c1ccc(NC(=O)c2ccc(NC(C)O)cc2)cc1.Cl. The van der Waals surface area contributed by atoms with E-state index in [1.807, 2.05) is 24.3 Å². The Morgan fingerprint density at radius 3 is 2.27 bits per heavy atom. The Bertz CT molecular complexity index is 747. The molecule has 6 heteroatoms. The summed E-state index contributed by atoms with van der Waals surface area (Å²) in [5, 5.41) is 15.1. The van der Waals surface area contributed by atoms with Crippen LogP contribution in [0.5, 0.6) is 0 Å². The summed E-state index contributed by atoms with van der Waals surface area (Å²) >= 11 is 0. The lowest BCUT2D eigenvalue weighted by Crippen LogP contribution is -2.22. The zero-order valence-electron chi connectivity index (χ0n) is 15.0. The minimum atomic E-state index is -0.635. The van der Waals surface area contributed by atoms with E-state index in [1.54, 1.807) is 31.2 Å². The summed E-state index contributed by atoms with van der Waals surface area (Å²) in [4.78, 5) is 12.3. The fourth-order valence-corrected chi connectivity index (χ4v) is 3.12. The molecule has 3 rings (SSSR count). The second-order valence-corrected chi connectivity index (χ2v) is 6.82. The highest BCUT2D eigenvalue weighted by molar-refractivity contribution is 6.04. The first kappa shape index (κ1) is 20.2. The van der Waals surface area contributed by atoms with Gasteiger partial charge in [0.15, 0.2) is 0 Å². The number of halogens is 1. The molecule has 0 heterocycles. The zero-order chi connectivity index (χ0) is 18.0. The monoisotopic (exact) mass is 375 g/mol. The number of amides is 1. The zero-order valence-corrected chi connectivity index (χ0v) is 15.8. The van der Waals surface area contributed by atoms with Crippen molar-refractivity contribution < 1.29 is 9.90 Å². The maximum Gasteiger partial charge on any atom is 0.255 e. The molecule has 26 heavy (non-hydrogen) atoms. The van der Waals surface area contributed by atoms with Crippen molar-refractivity contribution in [1.82, 2.24) is 0 Å². The quantitative estimate of drug-likeness (QED) is 0.580. The van der Waals surface area contributed by atoms with Crippen LogP contribution in [0.3, 0.4) is 0 Å². The van der Waals surface area contributed by atoms with Gasteiger partial charge in [-0.3, -0.25) is 4.79 Å². The summed E-state index contributed by atoms with van der Waals surface area (Å²) in [5.74, 6) is 0.265. The first-order valence-corrected chi connectivity index (χ1v) is 8.66. The minimum Gasteiger partial charge on any atom is -0.374 e. The number of carbonyl (C=O) groups excluding carboxylic acids is 1. The third-order valence-corrected chi connectivity index (χ3v) is 4.87. The number of hydrogen-bond acceptors (Lipinski definition) is 4. The highest BCUT2D eigenvalue weighted by atomic mass is 35.5. The molecule has 3 unspecified atom stereocenters. The molecule has 0 aliphatic heterocycles. The van der Waals surface area contributed by atoms with Crippen LogP contribution in [0.25, 0.3) is 0 Å². The van der Waals surface area contributed by atoms with Crippen LogP contribution >= 0.6 is 12.4 Å². The van der Waals surface area contributed by atoms with Gasteiger partial charge in [-0.15, -0.1) is 12.4 Å². The van der Waals surface area contributed by atoms with Gasteiger partial charge in [0.05, 0.1) is 0 Å². The van der Waals surface area contributed by atoms with Crippen molar-refractivity contribution in [1.29, 1.82) is 0 Å². The summed E-state index contributed by atoms with van der Waals surface area (Å²) in [6, 6.07) is 14.9. The lowest BCUT2D eigenvalue weighted by Gasteiger charge is -2.11. The van der Waals surface area contributed by atoms with Gasteiger partial charge < -0.3 is 21.5 Å². The van der Waals surface area contributed by atoms with Crippen LogP contribution in [0.2, 0.25) is 0 Å². The third kappa shape index (κ3) is 4.55. The topological polar surface area (TPSA) is 87.4 Å². The fraction of sp³-hybridized carbons (Fsp3) is 0.350. The maximum atomic E-state index is 12.3. The van der Waals surface area contributed by atoms with Crippen molar-refractivity contribution >= 4 is 29.7 Å². The standard InChI is InChI=1S/C20H25N3O2.ClH/c1-3-20(21)12-18(20)14-4-8-17(9-5-14)23-19(25)15-6-10-16(11-7-15)22-13(2)24;/h4-11,13,18,22,24H,3,12,21H2,1-2H3,(H,23,25);1H. The minimum absolute atomic E-state index is 0. The lowest BCUT2D eigenvalue weighted by atomic mass is 10.0. The summed E-state index contributed by atoms with van der Waals surface area (Å²) < 4.78 is 0. The smallest absolute Gasteiger partial charge is 0.255 e. The summed E-state index contributed by atoms with van der Waals surface area (Å²) in [5.41, 5.74) is 9.55. The maximum absolute atomic E-state index is 12.3. The molecule has 1 aliphatic carbocycles. The molecule has 0 saturated heterocycles. The molecule has 5 nitrogen and oxygen atoms in total. The highest BCUT2D eigenvalue weighted by Crippen LogP contribution is 2.51. The Balaban J connectivity index is 0.00000243. The van der Waals surface area contributed by atoms with E-state index in [0.717, 1.165) is 24.2 Å². The molecule has 2 aromatic carbocycles. The number of nitrogens with one attached hydrogen (secondary N) is 2. The first-order chi connectivity index (χ1) is 11.9. The number of nitrogens with two attached hydrogens (primary N) is 1. The highest BCUT2D eigenvalue weighted by Gasteiger charge is 2.49. The molecular weight excluding hydrogens is 350 g/mol. The number of benzene rings is 2. The fourth-order valence-electron chi connectivity index (χ4n) is 3.12. The van der Waals surface area contributed by atoms with Crippen LogP contribution in [0, 0.1) is 0 Å². The molecule has 0 radical (unpaired) electrons. The number of anilines is 2. The van der Waals surface area contributed by atoms with Crippen molar-refractivity contribution in [3.63, 3.8) is 0 Å². The molecule has 1 saturated carbocycles. The largest absolute Gasteiger partial charge is 0.374 e. The van der Waals surface area contributed by atoms with Crippen molar-refractivity contribution in [2.75, 3.05) is 10.6 Å². The number of aliphatic hydroxyl groups is 1. The summed E-state index contributed by atoms with van der Waals surface area (Å²) in [7, 11) is 0. The molecule has 1 aliphatic rings. The van der Waals surface area contributed by atoms with Gasteiger partial charge in [0.2, 0.25) is 0 Å². The van der Waals surface area contributed by atoms with Crippen molar-refractivity contribution in [2.24, 2.45) is 5.73 Å². The van der Waals surface area contributed by atoms with Crippen LogP contribution in [0.4, 0.5) is 11.4 Å². The predicted molar refractivity (Wildman–Crippen MR) is 108 cm³/mol. The Morgan fingerprint density at radius 1 is 1.19 bits per heavy atom. The average Bonchev–Trinajstić information content (AvgIpc) is 3.28. The van der Waals surface area contributed by atoms with Crippen LogP contribution in [0.15, 0.2) is 48.5 Å². The van der Waals surface area contributed by atoms with Gasteiger partial charge >= 0.3 is 0 Å². The normalized spacial score (nSPS) is 22.1. The van der Waals surface area contributed by atoms with Crippen molar-refractivity contribution in [2.45, 2.75) is 44.4 Å². The predicted octanol–water partition coefficient (Wildman–Crippen LogP) is 3.71. The second-order valence-electron chi connectivity index (χ2n) is 6.82. The Kier molecular flexibility index (Phi) is 6.29. The third-order valence-electron chi connectivity index (χ3n) is 4.87. The van der Waals surface area contributed by atoms with Gasteiger partial charge in [0.25, 0.3) is 5.91 Å². The van der Waals surface area contributed by atoms with Gasteiger partial charge in [-0.2, -0.15) is 0 Å². The van der Waals surface area contributed by atoms with Crippen LogP contribution in [-0.4, -0.2) is 22.8 Å². The van der Waals surface area contributed by atoms with Gasteiger partial charge in [0, 0.05) is 28.4 Å². The van der Waals surface area contributed by atoms with Crippen molar-refractivity contribution in [3.8, 4) is 0 Å². The molecule has 140 valence electrons. The van der Waals surface area contributed by atoms with Gasteiger partial charge in [-0.05, 0) is 61.7 Å². The number of hydrogen-bond donors (Lipinski definition) is 4. The van der Waals surface area contributed by atoms with E-state index in [4.69, 9.17) is 5.73 Å². The number of aliphatic hydroxyl groups excluding tert-OH is 1. The second kappa shape index (κ2) is 8.08. The van der Waals surface area contributed by atoms with Crippen LogP contribution < -0.4 is 16.4 Å². The van der Waals surface area contributed by atoms with Crippen LogP contribution in [-0.2, 0) is 0 Å². The van der Waals surface area contributed by atoms with E-state index in [2.05, 4.69) is 17.6 Å². The molecule has 0 bridgehead atoms. The molecule has 0 aromatic heterocycles. The van der Waals surface area contributed by atoms with E-state index in [9.17, 15) is 9.90 Å². The van der Waals surface area contributed by atoms with Gasteiger partial charge in [-0.1, -0.05) is 19.1 Å². The van der Waals surface area contributed by atoms with E-state index in [0.29, 0.717) is 11.5 Å². The molecule has 1 amide bonds. The van der Waals surface area contributed by atoms with E-state index in [1.165, 1.54) is 5.56 Å². The summed E-state index contributed by atoms with van der Waals surface area (Å²) in [6.07, 6.45) is 1.38. The van der Waals surface area contributed by atoms with Gasteiger partial charge in [-0.25, -0.2) is 0 Å². The van der Waals surface area contributed by atoms with Crippen molar-refractivity contribution in [3.05, 3.63) is 59.7 Å². The van der Waals surface area contributed by atoms with E-state index in [-0.39, 0.29) is 23.9 Å². The van der Waals surface area contributed by atoms with Crippen LogP contribution in [0.1, 0.15) is 48.5 Å². The molecule has 3 atom stereocenters. The molecular formula is C20H26ClN3O2. The Labute approximate surface area is 160 Å².